The molecule has 0 spiro atoms. The first-order valence-electron chi connectivity index (χ1n) is 5.23. The second-order valence-corrected chi connectivity index (χ2v) is 6.22. The fourth-order valence-electron chi connectivity index (χ4n) is 1.30. The summed E-state index contributed by atoms with van der Waals surface area (Å²) in [4.78, 5) is 10.1. The largest absolute Gasteiger partial charge is 0.573 e. The minimum atomic E-state index is -5.13. The minimum absolute atomic E-state index is 0.152. The molecule has 0 heterocycles. The average Bonchev–Trinajstić information content (AvgIpc) is 2.26. The molecule has 1 aromatic rings. The highest BCUT2D eigenvalue weighted by molar-refractivity contribution is 9.10. The van der Waals surface area contributed by atoms with E-state index in [2.05, 4.69) is 20.7 Å². The third-order valence-corrected chi connectivity index (χ3v) is 3.23. The quantitative estimate of drug-likeness (QED) is 0.304. The fourth-order valence-corrected chi connectivity index (χ4v) is 2.21. The van der Waals surface area contributed by atoms with Gasteiger partial charge in [-0.1, -0.05) is 15.9 Å². The zero-order valence-electron chi connectivity index (χ0n) is 10.2. The van der Waals surface area contributed by atoms with Gasteiger partial charge < -0.3 is 4.74 Å². The normalized spacial score (nSPS) is 13.9. The van der Waals surface area contributed by atoms with Crippen LogP contribution in [0.1, 0.15) is 17.3 Å². The van der Waals surface area contributed by atoms with Crippen molar-refractivity contribution in [2.45, 2.75) is 28.5 Å². The molecule has 0 radical (unpaired) electrons. The molecule has 0 fully saturated rings. The number of benzene rings is 1. The monoisotopic (exact) mass is 396 g/mol. The van der Waals surface area contributed by atoms with Crippen LogP contribution >= 0.6 is 27.7 Å². The van der Waals surface area contributed by atoms with Gasteiger partial charge in [-0.3, -0.25) is 4.79 Å². The van der Waals surface area contributed by atoms with Crippen molar-refractivity contribution in [3.8, 4) is 5.75 Å². The van der Waals surface area contributed by atoms with Crippen molar-refractivity contribution in [3.05, 3.63) is 23.8 Å². The number of Topliss-reactive ketones (excluding diaryl/α,β-unsaturated/α-hetero) is 1. The Bertz CT molecular complexity index is 526. The molecular formula is C11H7BrF6O2S. The Balaban J connectivity index is 3.23. The summed E-state index contributed by atoms with van der Waals surface area (Å²) in [5.41, 5.74) is -4.97. The van der Waals surface area contributed by atoms with Crippen LogP contribution in [0.25, 0.3) is 0 Å². The van der Waals surface area contributed by atoms with E-state index in [4.69, 9.17) is 0 Å². The lowest BCUT2D eigenvalue weighted by atomic mass is 10.1. The summed E-state index contributed by atoms with van der Waals surface area (Å²) in [5, 5.41) is 0. The lowest BCUT2D eigenvalue weighted by Gasteiger charge is -2.15. The van der Waals surface area contributed by atoms with E-state index >= 15 is 0 Å². The van der Waals surface area contributed by atoms with Crippen molar-refractivity contribution in [2.75, 3.05) is 0 Å². The van der Waals surface area contributed by atoms with Crippen molar-refractivity contribution < 1.29 is 35.9 Å². The van der Waals surface area contributed by atoms with E-state index in [0.717, 1.165) is 12.1 Å². The number of thioether (sulfide) groups is 1. The van der Waals surface area contributed by atoms with Crippen LogP contribution in [0.3, 0.4) is 0 Å². The number of ether oxygens (including phenoxy) is 1. The van der Waals surface area contributed by atoms with Crippen LogP contribution in [0.4, 0.5) is 26.3 Å². The number of rotatable bonds is 4. The smallest absolute Gasteiger partial charge is 0.405 e. The van der Waals surface area contributed by atoms with Crippen LogP contribution in [-0.2, 0) is 0 Å². The maximum absolute atomic E-state index is 12.4. The van der Waals surface area contributed by atoms with Crippen molar-refractivity contribution in [1.29, 1.82) is 0 Å². The van der Waals surface area contributed by atoms with Crippen LogP contribution in [0.2, 0.25) is 0 Å². The van der Waals surface area contributed by atoms with Crippen LogP contribution in [0, 0.1) is 0 Å². The third-order valence-electron chi connectivity index (χ3n) is 2.04. The van der Waals surface area contributed by atoms with E-state index in [0.29, 0.717) is 6.07 Å². The Kier molecular flexibility index (Phi) is 5.59. The first-order valence-corrected chi connectivity index (χ1v) is 6.96. The van der Waals surface area contributed by atoms with Gasteiger partial charge in [0.15, 0.2) is 5.78 Å². The molecule has 21 heavy (non-hydrogen) atoms. The molecule has 1 unspecified atom stereocenters. The van der Waals surface area contributed by atoms with Gasteiger partial charge in [0.2, 0.25) is 0 Å². The Morgan fingerprint density at radius 1 is 1.24 bits per heavy atom. The molecule has 0 aliphatic heterocycles. The van der Waals surface area contributed by atoms with Crippen LogP contribution < -0.4 is 4.74 Å². The minimum Gasteiger partial charge on any atom is -0.405 e. The molecular weight excluding hydrogens is 390 g/mol. The third kappa shape index (κ3) is 6.16. The number of ketones is 1. The Hall–Kier alpha value is -0.900. The number of carbonyl (C=O) groups excluding carboxylic acids is 1. The van der Waals surface area contributed by atoms with Crippen molar-refractivity contribution in [1.82, 2.24) is 0 Å². The summed E-state index contributed by atoms with van der Waals surface area (Å²) >= 11 is 2.16. The molecule has 0 aliphatic rings. The van der Waals surface area contributed by atoms with Gasteiger partial charge in [-0.25, -0.2) is 0 Å². The van der Waals surface area contributed by atoms with E-state index in [1.807, 2.05) is 0 Å². The first-order chi connectivity index (χ1) is 9.39. The first kappa shape index (κ1) is 18.1. The van der Waals surface area contributed by atoms with Gasteiger partial charge in [-0.2, -0.15) is 13.2 Å². The summed E-state index contributed by atoms with van der Waals surface area (Å²) in [6, 6.07) is 2.38. The predicted molar refractivity (Wildman–Crippen MR) is 67.8 cm³/mol. The fraction of sp³-hybridized carbons (Fsp3) is 0.364. The van der Waals surface area contributed by atoms with E-state index in [-0.39, 0.29) is 5.56 Å². The standard InChI is InChI=1S/C11H7BrF6O2S/c1-5(12)9(19)6-2-3-7(20-10(13,14)15)8(4-6)21-11(16,17)18/h2-5H,1H3. The Morgan fingerprint density at radius 2 is 1.81 bits per heavy atom. The summed E-state index contributed by atoms with van der Waals surface area (Å²) in [6.45, 7) is 1.44. The highest BCUT2D eigenvalue weighted by Gasteiger charge is 2.36. The zero-order valence-corrected chi connectivity index (χ0v) is 12.6. The summed E-state index contributed by atoms with van der Waals surface area (Å²) in [6.07, 6.45) is -5.13. The summed E-state index contributed by atoms with van der Waals surface area (Å²) in [7, 11) is 0. The topological polar surface area (TPSA) is 26.3 Å². The molecule has 1 rings (SSSR count). The van der Waals surface area contributed by atoms with E-state index in [1.165, 1.54) is 6.92 Å². The predicted octanol–water partition coefficient (Wildman–Crippen LogP) is 5.16. The summed E-state index contributed by atoms with van der Waals surface area (Å²) in [5.74, 6) is -1.57. The zero-order chi connectivity index (χ0) is 16.4. The second-order valence-electron chi connectivity index (χ2n) is 3.74. The molecule has 1 aromatic carbocycles. The molecule has 0 aromatic heterocycles. The molecule has 0 saturated carbocycles. The van der Waals surface area contributed by atoms with Gasteiger partial charge in [0.1, 0.15) is 5.75 Å². The molecule has 0 bridgehead atoms. The van der Waals surface area contributed by atoms with Gasteiger partial charge in [-0.05, 0) is 36.9 Å². The molecule has 0 aliphatic carbocycles. The lowest BCUT2D eigenvalue weighted by molar-refractivity contribution is -0.275. The number of hydrogen-bond acceptors (Lipinski definition) is 3. The van der Waals surface area contributed by atoms with Crippen molar-refractivity contribution >= 4 is 33.5 Å². The SMILES string of the molecule is CC(Br)C(=O)c1ccc(OC(F)(F)F)c(SC(F)(F)F)c1. The highest BCUT2D eigenvalue weighted by atomic mass is 79.9. The van der Waals surface area contributed by atoms with E-state index in [9.17, 15) is 31.1 Å². The number of halogens is 7. The van der Waals surface area contributed by atoms with Gasteiger partial charge in [0, 0.05) is 5.56 Å². The Morgan fingerprint density at radius 3 is 2.24 bits per heavy atom. The highest BCUT2D eigenvalue weighted by Crippen LogP contribution is 2.43. The van der Waals surface area contributed by atoms with E-state index in [1.54, 1.807) is 0 Å². The van der Waals surface area contributed by atoms with Crippen LogP contribution in [-0.4, -0.2) is 22.5 Å². The average molecular weight is 397 g/mol. The second kappa shape index (κ2) is 6.47. The van der Waals surface area contributed by atoms with Gasteiger partial charge in [-0.15, -0.1) is 13.2 Å². The summed E-state index contributed by atoms with van der Waals surface area (Å²) < 4.78 is 77.1. The maximum Gasteiger partial charge on any atom is 0.573 e. The molecule has 1 atom stereocenters. The Labute approximate surface area is 128 Å². The van der Waals surface area contributed by atoms with E-state index < -0.39 is 44.9 Å². The van der Waals surface area contributed by atoms with Crippen molar-refractivity contribution in [3.63, 3.8) is 0 Å². The molecule has 10 heteroatoms. The van der Waals surface area contributed by atoms with Crippen molar-refractivity contribution in [2.24, 2.45) is 0 Å². The van der Waals surface area contributed by atoms with Gasteiger partial charge in [0.05, 0.1) is 9.72 Å². The van der Waals surface area contributed by atoms with Crippen LogP contribution in [0.15, 0.2) is 23.1 Å². The lowest BCUT2D eigenvalue weighted by Crippen LogP contribution is -2.18. The number of carbonyl (C=O) groups is 1. The molecule has 0 saturated heterocycles. The molecule has 0 N–H and O–H groups in total. The number of alkyl halides is 7. The van der Waals surface area contributed by atoms with Crippen LogP contribution in [0.5, 0.6) is 5.75 Å². The maximum atomic E-state index is 12.4. The molecule has 118 valence electrons. The molecule has 0 amide bonds. The van der Waals surface area contributed by atoms with Gasteiger partial charge >= 0.3 is 11.9 Å². The molecule has 2 nitrogen and oxygen atoms in total. The van der Waals surface area contributed by atoms with Gasteiger partial charge in [0.25, 0.3) is 0 Å². The number of hydrogen-bond donors (Lipinski definition) is 0.